The number of hydrogen-bond acceptors (Lipinski definition) is 3. The van der Waals surface area contributed by atoms with E-state index in [1.54, 1.807) is 0 Å². The summed E-state index contributed by atoms with van der Waals surface area (Å²) in [5, 5.41) is 3.55. The Morgan fingerprint density at radius 3 is 2.88 bits per heavy atom. The van der Waals surface area contributed by atoms with E-state index >= 15 is 0 Å². The zero-order chi connectivity index (χ0) is 11.5. The quantitative estimate of drug-likeness (QED) is 0.876. The molecule has 0 saturated heterocycles. The fourth-order valence-electron chi connectivity index (χ4n) is 1.66. The number of benzene rings is 1. The van der Waals surface area contributed by atoms with Crippen LogP contribution < -0.4 is 5.32 Å². The molecule has 0 saturated carbocycles. The van der Waals surface area contributed by atoms with Gasteiger partial charge < -0.3 is 0 Å². The van der Waals surface area contributed by atoms with Gasteiger partial charge in [0, 0.05) is 0 Å². The maximum absolute atomic E-state index is 4.47. The predicted molar refractivity (Wildman–Crippen MR) is 69.0 cm³/mol. The summed E-state index contributed by atoms with van der Waals surface area (Å²) in [5.74, 6) is 0.666. The van der Waals surface area contributed by atoms with Crippen LogP contribution in [0.1, 0.15) is 27.2 Å². The molecule has 3 nitrogen and oxygen atoms in total. The SMILES string of the molecule is CCC(C)C(C)Nc1cccc2n[se]nc12. The fourth-order valence-corrected chi connectivity index (χ4v) is 2.82. The van der Waals surface area contributed by atoms with Crippen LogP contribution in [-0.4, -0.2) is 29.0 Å². The van der Waals surface area contributed by atoms with Gasteiger partial charge in [-0.1, -0.05) is 0 Å². The number of rotatable bonds is 4. The van der Waals surface area contributed by atoms with E-state index in [4.69, 9.17) is 0 Å². The molecule has 0 fully saturated rings. The average molecular weight is 282 g/mol. The molecule has 0 radical (unpaired) electrons. The van der Waals surface area contributed by atoms with Crippen LogP contribution in [0.15, 0.2) is 18.2 Å². The second-order valence-electron chi connectivity index (χ2n) is 4.26. The van der Waals surface area contributed by atoms with Gasteiger partial charge in [-0.2, -0.15) is 0 Å². The van der Waals surface area contributed by atoms with Gasteiger partial charge in [0.25, 0.3) is 0 Å². The molecule has 4 heteroatoms. The van der Waals surface area contributed by atoms with E-state index in [0.29, 0.717) is 12.0 Å². The summed E-state index contributed by atoms with van der Waals surface area (Å²) in [4.78, 5) is 0. The van der Waals surface area contributed by atoms with Gasteiger partial charge in [0.05, 0.1) is 0 Å². The Hall–Kier alpha value is -0.861. The van der Waals surface area contributed by atoms with Crippen molar-refractivity contribution in [1.29, 1.82) is 0 Å². The standard InChI is InChI=1S/C12H17N3Se/c1-4-8(2)9(3)13-10-6-5-7-11-12(10)15-16-14-11/h5-9,13H,4H2,1-3H3. The zero-order valence-corrected chi connectivity index (χ0v) is 11.6. The average Bonchev–Trinajstić information content (AvgIpc) is 2.77. The monoisotopic (exact) mass is 283 g/mol. The molecule has 1 heterocycles. The third-order valence-corrected chi connectivity index (χ3v) is 4.31. The van der Waals surface area contributed by atoms with Crippen LogP contribution in [0, 0.1) is 5.92 Å². The fraction of sp³-hybridized carbons (Fsp3) is 0.500. The summed E-state index contributed by atoms with van der Waals surface area (Å²) in [7, 11) is 0. The number of hydrogen-bond donors (Lipinski definition) is 1. The first-order valence-corrected chi connectivity index (χ1v) is 7.23. The van der Waals surface area contributed by atoms with Crippen molar-refractivity contribution in [3.63, 3.8) is 0 Å². The van der Waals surface area contributed by atoms with Gasteiger partial charge in [-0.05, 0) is 0 Å². The third kappa shape index (κ3) is 2.28. The first-order chi connectivity index (χ1) is 7.72. The first kappa shape index (κ1) is 11.6. The Morgan fingerprint density at radius 2 is 2.12 bits per heavy atom. The molecule has 2 rings (SSSR count). The molecule has 0 aliphatic rings. The molecule has 1 N–H and O–H groups in total. The number of aromatic nitrogens is 2. The predicted octanol–water partition coefficient (Wildman–Crippen LogP) is 2.53. The molecule has 86 valence electrons. The molecule has 1 aromatic carbocycles. The van der Waals surface area contributed by atoms with Crippen LogP contribution in [0.25, 0.3) is 11.0 Å². The topological polar surface area (TPSA) is 37.8 Å². The van der Waals surface area contributed by atoms with Gasteiger partial charge in [-0.3, -0.25) is 0 Å². The molecule has 0 bridgehead atoms. The molecule has 2 atom stereocenters. The van der Waals surface area contributed by atoms with Crippen LogP contribution in [0.4, 0.5) is 5.69 Å². The van der Waals surface area contributed by atoms with Crippen molar-refractivity contribution in [1.82, 2.24) is 7.96 Å². The second kappa shape index (κ2) is 4.98. The van der Waals surface area contributed by atoms with Crippen molar-refractivity contribution in [2.45, 2.75) is 33.2 Å². The molecular weight excluding hydrogens is 265 g/mol. The van der Waals surface area contributed by atoms with Gasteiger partial charge in [-0.25, -0.2) is 0 Å². The van der Waals surface area contributed by atoms with Gasteiger partial charge in [-0.15, -0.1) is 0 Å². The Kier molecular flexibility index (Phi) is 3.62. The maximum atomic E-state index is 4.47. The van der Waals surface area contributed by atoms with Crippen molar-refractivity contribution >= 4 is 31.7 Å². The van der Waals surface area contributed by atoms with Crippen LogP contribution >= 0.6 is 0 Å². The minimum absolute atomic E-state index is 0.0553. The Labute approximate surface area is 102 Å². The van der Waals surface area contributed by atoms with Gasteiger partial charge in [0.15, 0.2) is 0 Å². The number of anilines is 1. The van der Waals surface area contributed by atoms with E-state index in [9.17, 15) is 0 Å². The van der Waals surface area contributed by atoms with Gasteiger partial charge in [0.1, 0.15) is 0 Å². The van der Waals surface area contributed by atoms with E-state index in [1.165, 1.54) is 6.42 Å². The number of fused-ring (bicyclic) bond motifs is 1. The van der Waals surface area contributed by atoms with Gasteiger partial charge in [0.2, 0.25) is 0 Å². The van der Waals surface area contributed by atoms with Crippen molar-refractivity contribution in [2.24, 2.45) is 5.92 Å². The molecule has 2 unspecified atom stereocenters. The van der Waals surface area contributed by atoms with Crippen molar-refractivity contribution in [3.05, 3.63) is 18.2 Å². The Balaban J connectivity index is 2.23. The molecule has 0 spiro atoms. The summed E-state index contributed by atoms with van der Waals surface area (Å²) in [5.41, 5.74) is 3.23. The van der Waals surface area contributed by atoms with Crippen LogP contribution in [0.3, 0.4) is 0 Å². The normalized spacial score (nSPS) is 14.9. The summed E-state index contributed by atoms with van der Waals surface area (Å²) in [6, 6.07) is 6.65. The van der Waals surface area contributed by atoms with Gasteiger partial charge >= 0.3 is 102 Å². The molecule has 0 aliphatic carbocycles. The van der Waals surface area contributed by atoms with Crippen LogP contribution in [-0.2, 0) is 0 Å². The van der Waals surface area contributed by atoms with E-state index in [-0.39, 0.29) is 15.0 Å². The van der Waals surface area contributed by atoms with Crippen LogP contribution in [0.5, 0.6) is 0 Å². The van der Waals surface area contributed by atoms with Crippen molar-refractivity contribution in [2.75, 3.05) is 5.32 Å². The first-order valence-electron chi connectivity index (χ1n) is 5.70. The Bertz CT molecular complexity index is 466. The minimum atomic E-state index is 0.0553. The second-order valence-corrected chi connectivity index (χ2v) is 5.36. The molecular formula is C12H17N3Se. The van der Waals surface area contributed by atoms with E-state index < -0.39 is 0 Å². The molecule has 1 aromatic heterocycles. The van der Waals surface area contributed by atoms with E-state index in [2.05, 4.69) is 40.1 Å². The summed E-state index contributed by atoms with van der Waals surface area (Å²) in [6.45, 7) is 6.72. The van der Waals surface area contributed by atoms with E-state index in [1.807, 2.05) is 12.1 Å². The van der Waals surface area contributed by atoms with E-state index in [0.717, 1.165) is 16.7 Å². The zero-order valence-electron chi connectivity index (χ0n) is 9.90. The molecule has 2 aromatic rings. The third-order valence-electron chi connectivity index (χ3n) is 3.17. The van der Waals surface area contributed by atoms with Crippen LogP contribution in [0.2, 0.25) is 0 Å². The molecule has 0 amide bonds. The molecule has 16 heavy (non-hydrogen) atoms. The summed E-state index contributed by atoms with van der Waals surface area (Å²) in [6.07, 6.45) is 1.19. The summed E-state index contributed by atoms with van der Waals surface area (Å²) < 4.78 is 8.86. The Morgan fingerprint density at radius 1 is 1.31 bits per heavy atom. The number of nitrogens with one attached hydrogen (secondary N) is 1. The molecule has 0 aliphatic heterocycles. The van der Waals surface area contributed by atoms with Crippen molar-refractivity contribution < 1.29 is 0 Å². The van der Waals surface area contributed by atoms with Crippen molar-refractivity contribution in [3.8, 4) is 0 Å². The number of nitrogens with zero attached hydrogens (tertiary/aromatic N) is 2. The summed E-state index contributed by atoms with van der Waals surface area (Å²) >= 11 is 0.0553.